The molecule has 0 spiro atoms. The largest absolute Gasteiger partial charge is 1.00 e. The van der Waals surface area contributed by atoms with Crippen molar-refractivity contribution in [3.8, 4) is 0 Å². The van der Waals surface area contributed by atoms with Crippen molar-refractivity contribution in [1.82, 2.24) is 0 Å². The van der Waals surface area contributed by atoms with Crippen LogP contribution < -0.4 is 34.7 Å². The smallest absolute Gasteiger partial charge is 0.547 e. The number of aliphatic hydroxyl groups excluding tert-OH is 2. The predicted molar refractivity (Wildman–Crippen MR) is 49.1 cm³/mol. The number of benzene rings is 1. The van der Waals surface area contributed by atoms with Gasteiger partial charge in [-0.25, -0.2) is 0 Å². The molecule has 1 aromatic carbocycles. The van der Waals surface area contributed by atoms with Gasteiger partial charge in [0.1, 0.15) is 0 Å². The molecule has 0 amide bonds. The molecule has 0 heterocycles. The van der Waals surface area contributed by atoms with Gasteiger partial charge in [0.25, 0.3) is 0 Å². The maximum Gasteiger partial charge on any atom is 1.00 e. The fraction of sp³-hybridized carbons (Fsp3) is 0.300. The number of carboxylic acid groups (broad SMARTS) is 1. The number of aliphatic carboxylic acids is 1. The summed E-state index contributed by atoms with van der Waals surface area (Å²) in [4.78, 5) is 9.34. The Morgan fingerprint density at radius 2 is 1.80 bits per heavy atom. The first kappa shape index (κ1) is 17.0. The molecule has 1 atom stereocenters. The molecule has 0 aromatic heterocycles. The molecule has 0 fully saturated rings. The van der Waals surface area contributed by atoms with Gasteiger partial charge < -0.3 is 20.1 Å². The first-order chi connectivity index (χ1) is 6.57. The van der Waals surface area contributed by atoms with Gasteiger partial charge in [-0.05, 0) is 12.5 Å². The van der Waals surface area contributed by atoms with E-state index in [4.69, 9.17) is 10.2 Å². The van der Waals surface area contributed by atoms with Crippen molar-refractivity contribution in [2.24, 2.45) is 0 Å². The summed E-state index contributed by atoms with van der Waals surface area (Å²) in [6.45, 7) is 1.27. The van der Waals surface area contributed by atoms with Crippen LogP contribution in [0, 0.1) is 0 Å². The second-order valence-corrected chi connectivity index (χ2v) is 2.64. The van der Waals surface area contributed by atoms with Crippen molar-refractivity contribution in [1.29, 1.82) is 0 Å². The van der Waals surface area contributed by atoms with E-state index in [2.05, 4.69) is 0 Å². The average Bonchev–Trinajstić information content (AvgIpc) is 2.20. The van der Waals surface area contributed by atoms with Crippen LogP contribution in [0.4, 0.5) is 0 Å². The fourth-order valence-corrected chi connectivity index (χ4v) is 0.583. The summed E-state index contributed by atoms with van der Waals surface area (Å²) in [7, 11) is 0. The molecule has 1 unspecified atom stereocenters. The Morgan fingerprint density at radius 1 is 1.40 bits per heavy atom. The zero-order valence-corrected chi connectivity index (χ0v) is 10.9. The van der Waals surface area contributed by atoms with Gasteiger partial charge in [-0.15, -0.1) is 0 Å². The summed E-state index contributed by atoms with van der Waals surface area (Å²) in [5.41, 5.74) is 0.965. The van der Waals surface area contributed by atoms with Crippen molar-refractivity contribution < 1.29 is 49.7 Å². The maximum atomic E-state index is 9.34. The third kappa shape index (κ3) is 9.90. The van der Waals surface area contributed by atoms with Crippen LogP contribution in [0.3, 0.4) is 0 Å². The summed E-state index contributed by atoms with van der Waals surface area (Å²) in [6, 6.07) is 9.52. The van der Waals surface area contributed by atoms with Crippen LogP contribution in [0.25, 0.3) is 0 Å². The van der Waals surface area contributed by atoms with E-state index in [0.717, 1.165) is 12.5 Å². The second kappa shape index (κ2) is 10.1. The van der Waals surface area contributed by atoms with Crippen molar-refractivity contribution >= 4 is 5.97 Å². The average molecular weight is 220 g/mol. The van der Waals surface area contributed by atoms with Gasteiger partial charge in [0.2, 0.25) is 0 Å². The van der Waals surface area contributed by atoms with Crippen LogP contribution in [0.15, 0.2) is 30.3 Å². The summed E-state index contributed by atoms with van der Waals surface area (Å²) in [6.07, 6.45) is -1.34. The van der Waals surface area contributed by atoms with E-state index in [-0.39, 0.29) is 36.2 Å². The Morgan fingerprint density at radius 3 is 2.00 bits per heavy atom. The predicted octanol–water partition coefficient (Wildman–Crippen LogP) is -3.70. The SMILES string of the molecule is CC(O)C(=O)[O-].OCc1ccccc1.[Na+]. The van der Waals surface area contributed by atoms with Crippen molar-refractivity contribution in [3.63, 3.8) is 0 Å². The van der Waals surface area contributed by atoms with Crippen molar-refractivity contribution in [2.45, 2.75) is 19.6 Å². The van der Waals surface area contributed by atoms with Crippen LogP contribution in [-0.2, 0) is 11.4 Å². The maximum absolute atomic E-state index is 9.34. The molecule has 0 aliphatic heterocycles. The summed E-state index contributed by atoms with van der Waals surface area (Å²) in [5.74, 6) is -1.44. The third-order valence-corrected chi connectivity index (χ3v) is 1.37. The van der Waals surface area contributed by atoms with Crippen molar-refractivity contribution in [3.05, 3.63) is 35.9 Å². The molecule has 0 saturated heterocycles. The molecule has 15 heavy (non-hydrogen) atoms. The molecule has 0 aliphatic carbocycles. The van der Waals surface area contributed by atoms with E-state index in [0.29, 0.717) is 0 Å². The normalized spacial score (nSPS) is 10.3. The molecule has 0 bridgehead atoms. The molecule has 1 rings (SSSR count). The summed E-state index contributed by atoms with van der Waals surface area (Å²) < 4.78 is 0. The third-order valence-electron chi connectivity index (χ3n) is 1.37. The van der Waals surface area contributed by atoms with Crippen LogP contribution in [0.1, 0.15) is 12.5 Å². The van der Waals surface area contributed by atoms with Gasteiger partial charge in [0.15, 0.2) is 0 Å². The molecule has 78 valence electrons. The molecule has 5 heteroatoms. The van der Waals surface area contributed by atoms with Gasteiger partial charge in [-0.3, -0.25) is 0 Å². The zero-order valence-electron chi connectivity index (χ0n) is 8.88. The van der Waals surface area contributed by atoms with Crippen LogP contribution >= 0.6 is 0 Å². The number of aliphatic hydroxyl groups is 2. The zero-order chi connectivity index (χ0) is 11.0. The topological polar surface area (TPSA) is 80.6 Å². The van der Waals surface area contributed by atoms with Gasteiger partial charge >= 0.3 is 29.6 Å². The standard InChI is InChI=1S/C7H8O.C3H6O3.Na/c8-6-7-4-2-1-3-5-7;1-2(4)3(5)6;/h1-5,8H,6H2;2,4H,1H3,(H,5,6);/q;;+1/p-1. The number of carboxylic acids is 1. The first-order valence-electron chi connectivity index (χ1n) is 4.11. The summed E-state index contributed by atoms with van der Waals surface area (Å²) in [5, 5.41) is 25.8. The quantitative estimate of drug-likeness (QED) is 0.503. The number of hydrogen-bond donors (Lipinski definition) is 2. The van der Waals surface area contributed by atoms with Crippen LogP contribution in [-0.4, -0.2) is 22.3 Å². The number of rotatable bonds is 2. The Bertz CT molecular complexity index is 261. The minimum absolute atomic E-state index is 0. The number of hydrogen-bond acceptors (Lipinski definition) is 4. The molecule has 4 nitrogen and oxygen atoms in total. The molecule has 2 N–H and O–H groups in total. The molecular formula is C10H13NaO4. The number of carbonyl (C=O) groups is 1. The monoisotopic (exact) mass is 220 g/mol. The Balaban J connectivity index is 0. The van der Waals surface area contributed by atoms with E-state index < -0.39 is 12.1 Å². The minimum atomic E-state index is -1.44. The first-order valence-corrected chi connectivity index (χ1v) is 4.11. The second-order valence-electron chi connectivity index (χ2n) is 2.64. The van der Waals surface area contributed by atoms with E-state index in [1.807, 2.05) is 30.3 Å². The van der Waals surface area contributed by atoms with E-state index in [9.17, 15) is 9.90 Å². The molecule has 1 aromatic rings. The van der Waals surface area contributed by atoms with Gasteiger partial charge in [-0.2, -0.15) is 0 Å². The van der Waals surface area contributed by atoms with Crippen LogP contribution in [0.5, 0.6) is 0 Å². The van der Waals surface area contributed by atoms with Gasteiger partial charge in [0, 0.05) is 0 Å². The van der Waals surface area contributed by atoms with Gasteiger partial charge in [0.05, 0.1) is 18.7 Å². The number of carbonyl (C=O) groups excluding carboxylic acids is 1. The van der Waals surface area contributed by atoms with E-state index in [1.54, 1.807) is 0 Å². The Labute approximate surface area is 111 Å². The fourth-order valence-electron chi connectivity index (χ4n) is 0.583. The van der Waals surface area contributed by atoms with E-state index >= 15 is 0 Å². The van der Waals surface area contributed by atoms with Crippen LogP contribution in [0.2, 0.25) is 0 Å². The van der Waals surface area contributed by atoms with Crippen molar-refractivity contribution in [2.75, 3.05) is 0 Å². The molecular weight excluding hydrogens is 207 g/mol. The van der Waals surface area contributed by atoms with E-state index in [1.165, 1.54) is 0 Å². The molecule has 0 saturated carbocycles. The minimum Gasteiger partial charge on any atom is -0.547 e. The molecule has 0 aliphatic rings. The summed E-state index contributed by atoms with van der Waals surface area (Å²) >= 11 is 0. The van der Waals surface area contributed by atoms with Gasteiger partial charge in [-0.1, -0.05) is 30.3 Å². The Hall–Kier alpha value is -0.390. The molecule has 0 radical (unpaired) electrons. The Kier molecular flexibility index (Phi) is 11.5.